The molecule has 3 aromatic rings. The average Bonchev–Trinajstić information content (AvgIpc) is 2.95. The standard InChI is InChI=1S/C15H10F3N5O2S/c1-22-13(9-4-6-19-7-5-9)20-21-14(22)26-12-3-2-10(15(16,17)18)8-11(12)23(24)25/h2-8H,1H3. The Labute approximate surface area is 149 Å². The van der Waals surface area contributed by atoms with Crippen molar-refractivity contribution in [2.24, 2.45) is 7.05 Å². The minimum atomic E-state index is -4.66. The van der Waals surface area contributed by atoms with Crippen molar-refractivity contribution in [3.8, 4) is 11.4 Å². The molecule has 0 spiro atoms. The largest absolute Gasteiger partial charge is 0.416 e. The number of rotatable bonds is 4. The van der Waals surface area contributed by atoms with Crippen molar-refractivity contribution in [2.75, 3.05) is 0 Å². The molecule has 3 rings (SSSR count). The van der Waals surface area contributed by atoms with E-state index in [0.717, 1.165) is 29.5 Å². The molecule has 0 radical (unpaired) electrons. The lowest BCUT2D eigenvalue weighted by Gasteiger charge is -2.08. The maximum Gasteiger partial charge on any atom is 0.416 e. The molecule has 1 aromatic carbocycles. The van der Waals surface area contributed by atoms with Gasteiger partial charge in [-0.15, -0.1) is 10.2 Å². The molecule has 0 aliphatic carbocycles. The van der Waals surface area contributed by atoms with Gasteiger partial charge in [0, 0.05) is 31.1 Å². The van der Waals surface area contributed by atoms with Crippen LogP contribution < -0.4 is 0 Å². The third-order valence-corrected chi connectivity index (χ3v) is 4.56. The number of nitro benzene ring substituents is 1. The summed E-state index contributed by atoms with van der Waals surface area (Å²) in [7, 11) is 1.66. The first-order chi connectivity index (χ1) is 12.3. The third kappa shape index (κ3) is 3.52. The van der Waals surface area contributed by atoms with Crippen molar-refractivity contribution in [2.45, 2.75) is 16.2 Å². The topological polar surface area (TPSA) is 86.7 Å². The molecule has 11 heteroatoms. The molecule has 0 saturated carbocycles. The van der Waals surface area contributed by atoms with Crippen LogP contribution in [-0.2, 0) is 13.2 Å². The molecule has 2 aromatic heterocycles. The molecular formula is C15H10F3N5O2S. The Hall–Kier alpha value is -2.95. The van der Waals surface area contributed by atoms with Crippen LogP contribution >= 0.6 is 11.8 Å². The Kier molecular flexibility index (Phi) is 4.64. The van der Waals surface area contributed by atoms with Crippen LogP contribution in [0.5, 0.6) is 0 Å². The molecule has 0 unspecified atom stereocenters. The predicted octanol–water partition coefficient (Wildman–Crippen LogP) is 3.96. The average molecular weight is 381 g/mol. The number of nitrogens with zero attached hydrogens (tertiary/aromatic N) is 5. The second kappa shape index (κ2) is 6.75. The summed E-state index contributed by atoms with van der Waals surface area (Å²) >= 11 is 0.869. The molecule has 0 amide bonds. The Morgan fingerprint density at radius 1 is 1.15 bits per heavy atom. The molecule has 0 saturated heterocycles. The van der Waals surface area contributed by atoms with Crippen LogP contribution in [0.1, 0.15) is 5.56 Å². The Morgan fingerprint density at radius 3 is 2.46 bits per heavy atom. The van der Waals surface area contributed by atoms with Crippen LogP contribution in [0.4, 0.5) is 18.9 Å². The smallest absolute Gasteiger partial charge is 0.305 e. The first-order valence-corrected chi connectivity index (χ1v) is 7.92. The number of halogens is 3. The van der Waals surface area contributed by atoms with Crippen LogP contribution in [0.3, 0.4) is 0 Å². The molecule has 2 heterocycles. The van der Waals surface area contributed by atoms with Gasteiger partial charge in [0.1, 0.15) is 0 Å². The SMILES string of the molecule is Cn1c(Sc2ccc(C(F)(F)F)cc2[N+](=O)[O-])nnc1-c1ccncc1. The van der Waals surface area contributed by atoms with Crippen molar-refractivity contribution >= 4 is 17.4 Å². The first kappa shape index (κ1) is 17.9. The van der Waals surface area contributed by atoms with Gasteiger partial charge in [0.15, 0.2) is 11.0 Å². The zero-order valence-corrected chi connectivity index (χ0v) is 14.0. The quantitative estimate of drug-likeness (QED) is 0.502. The van der Waals surface area contributed by atoms with Gasteiger partial charge >= 0.3 is 6.18 Å². The molecule has 0 N–H and O–H groups in total. The van der Waals surface area contributed by atoms with Gasteiger partial charge in [0.05, 0.1) is 15.4 Å². The number of aromatic nitrogens is 4. The summed E-state index contributed by atoms with van der Waals surface area (Å²) in [5.74, 6) is 0.504. The monoisotopic (exact) mass is 381 g/mol. The fourth-order valence-corrected chi connectivity index (χ4v) is 3.05. The Balaban J connectivity index is 1.97. The highest BCUT2D eigenvalue weighted by atomic mass is 32.2. The zero-order valence-electron chi connectivity index (χ0n) is 13.1. The van der Waals surface area contributed by atoms with Crippen LogP contribution in [0.15, 0.2) is 52.8 Å². The molecule has 0 atom stereocenters. The van der Waals surface area contributed by atoms with E-state index in [-0.39, 0.29) is 4.90 Å². The molecular weight excluding hydrogens is 371 g/mol. The van der Waals surface area contributed by atoms with Gasteiger partial charge in [0.25, 0.3) is 5.69 Å². The lowest BCUT2D eigenvalue weighted by atomic mass is 10.2. The highest BCUT2D eigenvalue weighted by Gasteiger charge is 2.33. The lowest BCUT2D eigenvalue weighted by Crippen LogP contribution is -2.06. The molecule has 0 bridgehead atoms. The maximum absolute atomic E-state index is 12.8. The van der Waals surface area contributed by atoms with Crippen molar-refractivity contribution < 1.29 is 18.1 Å². The van der Waals surface area contributed by atoms with E-state index in [1.165, 1.54) is 0 Å². The molecule has 0 fully saturated rings. The van der Waals surface area contributed by atoms with E-state index in [9.17, 15) is 23.3 Å². The van der Waals surface area contributed by atoms with Crippen molar-refractivity contribution in [3.05, 3.63) is 58.4 Å². The molecule has 7 nitrogen and oxygen atoms in total. The second-order valence-corrected chi connectivity index (χ2v) is 6.15. The van der Waals surface area contributed by atoms with E-state index in [0.29, 0.717) is 17.0 Å². The highest BCUT2D eigenvalue weighted by Crippen LogP contribution is 2.39. The first-order valence-electron chi connectivity index (χ1n) is 7.10. The molecule has 0 aliphatic rings. The molecule has 26 heavy (non-hydrogen) atoms. The zero-order chi connectivity index (χ0) is 18.9. The van der Waals surface area contributed by atoms with Gasteiger partial charge in [-0.25, -0.2) is 0 Å². The summed E-state index contributed by atoms with van der Waals surface area (Å²) in [6.45, 7) is 0. The third-order valence-electron chi connectivity index (χ3n) is 3.46. The maximum atomic E-state index is 12.8. The second-order valence-electron chi connectivity index (χ2n) is 5.14. The number of alkyl halides is 3. The van der Waals surface area contributed by atoms with Crippen molar-refractivity contribution in [1.82, 2.24) is 19.7 Å². The van der Waals surface area contributed by atoms with Gasteiger partial charge in [-0.05, 0) is 36.0 Å². The fraction of sp³-hybridized carbons (Fsp3) is 0.133. The van der Waals surface area contributed by atoms with Gasteiger partial charge in [0.2, 0.25) is 0 Å². The minimum absolute atomic E-state index is 0.0415. The highest BCUT2D eigenvalue weighted by molar-refractivity contribution is 7.99. The van der Waals surface area contributed by atoms with E-state index < -0.39 is 22.4 Å². The Morgan fingerprint density at radius 2 is 1.85 bits per heavy atom. The summed E-state index contributed by atoms with van der Waals surface area (Å²) in [5, 5.41) is 19.5. The van der Waals surface area contributed by atoms with E-state index in [4.69, 9.17) is 0 Å². The van der Waals surface area contributed by atoms with Crippen LogP contribution in [-0.4, -0.2) is 24.7 Å². The van der Waals surface area contributed by atoms with Crippen LogP contribution in [0.25, 0.3) is 11.4 Å². The number of benzene rings is 1. The van der Waals surface area contributed by atoms with E-state index in [1.807, 2.05) is 0 Å². The normalized spacial score (nSPS) is 11.5. The van der Waals surface area contributed by atoms with Crippen LogP contribution in [0.2, 0.25) is 0 Å². The summed E-state index contributed by atoms with van der Waals surface area (Å²) in [6.07, 6.45) is -1.50. The van der Waals surface area contributed by atoms with Gasteiger partial charge in [-0.1, -0.05) is 0 Å². The van der Waals surface area contributed by atoms with E-state index >= 15 is 0 Å². The van der Waals surface area contributed by atoms with E-state index in [1.54, 1.807) is 36.1 Å². The fourth-order valence-electron chi connectivity index (χ4n) is 2.18. The predicted molar refractivity (Wildman–Crippen MR) is 86.5 cm³/mol. The molecule has 0 aliphatic heterocycles. The lowest BCUT2D eigenvalue weighted by molar-refractivity contribution is -0.388. The number of hydrogen-bond acceptors (Lipinski definition) is 6. The van der Waals surface area contributed by atoms with Gasteiger partial charge in [-0.3, -0.25) is 15.1 Å². The van der Waals surface area contributed by atoms with E-state index in [2.05, 4.69) is 15.2 Å². The number of nitro groups is 1. The summed E-state index contributed by atoms with van der Waals surface area (Å²) < 4.78 is 40.0. The Bertz CT molecular complexity index is 960. The summed E-state index contributed by atoms with van der Waals surface area (Å²) in [5.41, 5.74) is -0.981. The minimum Gasteiger partial charge on any atom is -0.305 e. The van der Waals surface area contributed by atoms with Crippen molar-refractivity contribution in [3.63, 3.8) is 0 Å². The summed E-state index contributed by atoms with van der Waals surface area (Å²) in [6, 6.07) is 5.82. The summed E-state index contributed by atoms with van der Waals surface area (Å²) in [4.78, 5) is 14.3. The number of pyridine rings is 1. The molecule has 134 valence electrons. The van der Waals surface area contributed by atoms with Crippen LogP contribution in [0, 0.1) is 10.1 Å². The van der Waals surface area contributed by atoms with Gasteiger partial charge in [-0.2, -0.15) is 13.2 Å². The van der Waals surface area contributed by atoms with Crippen molar-refractivity contribution in [1.29, 1.82) is 0 Å². The number of hydrogen-bond donors (Lipinski definition) is 0. The van der Waals surface area contributed by atoms with Gasteiger partial charge < -0.3 is 4.57 Å².